The Labute approximate surface area is 73.0 Å². The quantitative estimate of drug-likeness (QED) is 0.761. The predicted molar refractivity (Wildman–Crippen MR) is 45.3 cm³/mol. The molecule has 0 amide bonds. The summed E-state index contributed by atoms with van der Waals surface area (Å²) in [5.41, 5.74) is 0.606. The van der Waals surface area contributed by atoms with Gasteiger partial charge in [-0.15, -0.1) is 0 Å². The molecule has 1 rings (SSSR count). The van der Waals surface area contributed by atoms with Crippen molar-refractivity contribution in [2.45, 2.75) is 6.10 Å². The Hall–Kier alpha value is -0.670. The van der Waals surface area contributed by atoms with Crippen molar-refractivity contribution in [2.24, 2.45) is 0 Å². The lowest BCUT2D eigenvalue weighted by Gasteiger charge is -2.03. The fourth-order valence-corrected chi connectivity index (χ4v) is 1.03. The Balaban J connectivity index is 2.85. The minimum absolute atomic E-state index is 0.413. The molecule has 0 saturated carbocycles. The lowest BCUT2D eigenvalue weighted by molar-refractivity contribution is -0.117. The molecule has 11 heavy (non-hydrogen) atoms. The Morgan fingerprint density at radius 1 is 1.36 bits per heavy atom. The maximum Gasteiger partial charge on any atom is 0.230 e. The Morgan fingerprint density at radius 2 is 1.91 bits per heavy atom. The summed E-state index contributed by atoms with van der Waals surface area (Å²) in [5.74, 6) is 0. The third-order valence-electron chi connectivity index (χ3n) is 1.33. The molecule has 1 atom stereocenters. The van der Waals surface area contributed by atoms with E-state index in [2.05, 4.69) is 15.9 Å². The van der Waals surface area contributed by atoms with Gasteiger partial charge in [0, 0.05) is 0 Å². The van der Waals surface area contributed by atoms with Gasteiger partial charge in [0.05, 0.1) is 0 Å². The van der Waals surface area contributed by atoms with Gasteiger partial charge in [0.2, 0.25) is 4.69 Å². The van der Waals surface area contributed by atoms with Crippen LogP contribution in [0.25, 0.3) is 0 Å². The maximum absolute atomic E-state index is 10.6. The van der Waals surface area contributed by atoms with Crippen LogP contribution in [0.1, 0.15) is 11.7 Å². The van der Waals surface area contributed by atoms with Gasteiger partial charge in [-0.2, -0.15) is 0 Å². The van der Waals surface area contributed by atoms with Crippen LogP contribution in [-0.4, -0.2) is 9.80 Å². The van der Waals surface area contributed by atoms with E-state index in [1.54, 1.807) is 24.3 Å². The summed E-state index contributed by atoms with van der Waals surface area (Å²) in [6.07, 6.45) is -1.05. The van der Waals surface area contributed by atoms with Crippen molar-refractivity contribution in [3.05, 3.63) is 35.9 Å². The van der Waals surface area contributed by atoms with Crippen LogP contribution in [0.3, 0.4) is 0 Å². The van der Waals surface area contributed by atoms with Crippen LogP contribution >= 0.6 is 15.9 Å². The van der Waals surface area contributed by atoms with E-state index in [4.69, 9.17) is 0 Å². The molecule has 0 aliphatic heterocycles. The molecule has 0 aliphatic rings. The molecule has 1 aromatic rings. The minimum Gasteiger partial charge on any atom is -0.380 e. The number of aliphatic hydroxyl groups is 1. The summed E-state index contributed by atoms with van der Waals surface area (Å²) < 4.78 is -0.413. The number of halogens is 1. The van der Waals surface area contributed by atoms with Crippen molar-refractivity contribution in [2.75, 3.05) is 0 Å². The fourth-order valence-electron chi connectivity index (χ4n) is 0.766. The number of rotatable bonds is 2. The van der Waals surface area contributed by atoms with Crippen LogP contribution in [0.4, 0.5) is 0 Å². The van der Waals surface area contributed by atoms with Gasteiger partial charge in [-0.3, -0.25) is 4.79 Å². The molecule has 0 radical (unpaired) electrons. The van der Waals surface area contributed by atoms with Crippen molar-refractivity contribution in [1.29, 1.82) is 0 Å². The zero-order chi connectivity index (χ0) is 8.27. The van der Waals surface area contributed by atoms with Crippen LogP contribution in [-0.2, 0) is 4.79 Å². The lowest BCUT2D eigenvalue weighted by Crippen LogP contribution is -2.03. The van der Waals surface area contributed by atoms with E-state index in [-0.39, 0.29) is 0 Å². The van der Waals surface area contributed by atoms with Crippen LogP contribution in [0.15, 0.2) is 30.3 Å². The van der Waals surface area contributed by atoms with Crippen molar-refractivity contribution in [1.82, 2.24) is 0 Å². The molecule has 1 unspecified atom stereocenters. The molecule has 3 heteroatoms. The normalized spacial score (nSPS) is 12.5. The van der Waals surface area contributed by atoms with Gasteiger partial charge in [-0.25, -0.2) is 0 Å². The van der Waals surface area contributed by atoms with Gasteiger partial charge in [0.25, 0.3) is 0 Å². The number of carbonyl (C=O) groups is 1. The van der Waals surface area contributed by atoms with Crippen LogP contribution in [0.5, 0.6) is 0 Å². The van der Waals surface area contributed by atoms with E-state index in [1.165, 1.54) is 0 Å². The predicted octanol–water partition coefficient (Wildman–Crippen LogP) is 1.64. The largest absolute Gasteiger partial charge is 0.380 e. The molecule has 0 spiro atoms. The Morgan fingerprint density at radius 3 is 2.36 bits per heavy atom. The second-order valence-corrected chi connectivity index (χ2v) is 2.90. The first kappa shape index (κ1) is 8.43. The molecule has 0 heterocycles. The molecule has 0 aliphatic carbocycles. The first-order valence-corrected chi connectivity index (χ1v) is 3.93. The topological polar surface area (TPSA) is 37.3 Å². The number of aliphatic hydroxyl groups excluding tert-OH is 1. The summed E-state index contributed by atoms with van der Waals surface area (Å²) >= 11 is 2.69. The average molecular weight is 215 g/mol. The van der Waals surface area contributed by atoms with Gasteiger partial charge in [-0.1, -0.05) is 30.3 Å². The Bertz CT molecular complexity index is 246. The molecule has 1 N–H and O–H groups in total. The molecule has 1 aromatic carbocycles. The van der Waals surface area contributed by atoms with Crippen LogP contribution < -0.4 is 0 Å². The van der Waals surface area contributed by atoms with E-state index in [9.17, 15) is 9.90 Å². The Kier molecular flexibility index (Phi) is 2.79. The van der Waals surface area contributed by atoms with Crippen molar-refractivity contribution >= 4 is 20.6 Å². The second-order valence-electron chi connectivity index (χ2n) is 2.12. The molecule has 2 nitrogen and oxygen atoms in total. The zero-order valence-electron chi connectivity index (χ0n) is 5.70. The lowest BCUT2D eigenvalue weighted by atomic mass is 10.1. The smallest absolute Gasteiger partial charge is 0.230 e. The van der Waals surface area contributed by atoms with E-state index in [0.29, 0.717) is 5.56 Å². The third-order valence-corrected chi connectivity index (χ3v) is 1.76. The van der Waals surface area contributed by atoms with Gasteiger partial charge in [-0.05, 0) is 21.5 Å². The monoisotopic (exact) mass is 214 g/mol. The fraction of sp³-hybridized carbons (Fsp3) is 0.125. The third kappa shape index (κ3) is 2.13. The van der Waals surface area contributed by atoms with E-state index >= 15 is 0 Å². The highest BCUT2D eigenvalue weighted by atomic mass is 79.9. The van der Waals surface area contributed by atoms with Crippen molar-refractivity contribution in [3.63, 3.8) is 0 Å². The summed E-state index contributed by atoms with van der Waals surface area (Å²) in [4.78, 5) is 10.6. The highest BCUT2D eigenvalue weighted by Gasteiger charge is 2.12. The second kappa shape index (κ2) is 3.64. The van der Waals surface area contributed by atoms with Crippen LogP contribution in [0, 0.1) is 0 Å². The molecule has 0 bridgehead atoms. The minimum atomic E-state index is -1.05. The summed E-state index contributed by atoms with van der Waals surface area (Å²) in [7, 11) is 0. The van der Waals surface area contributed by atoms with E-state index in [0.717, 1.165) is 0 Å². The van der Waals surface area contributed by atoms with Crippen molar-refractivity contribution < 1.29 is 9.90 Å². The van der Waals surface area contributed by atoms with Gasteiger partial charge in [0.1, 0.15) is 6.10 Å². The number of carbonyl (C=O) groups excluding carboxylic acids is 1. The van der Waals surface area contributed by atoms with E-state index < -0.39 is 10.8 Å². The number of benzene rings is 1. The maximum atomic E-state index is 10.6. The number of hydrogen-bond donors (Lipinski definition) is 1. The molecule has 58 valence electrons. The average Bonchev–Trinajstić information content (AvgIpc) is 2.05. The van der Waals surface area contributed by atoms with Gasteiger partial charge < -0.3 is 5.11 Å². The molecular weight excluding hydrogens is 208 g/mol. The van der Waals surface area contributed by atoms with Crippen molar-refractivity contribution in [3.8, 4) is 0 Å². The zero-order valence-corrected chi connectivity index (χ0v) is 7.28. The molecular formula is C8H7BrO2. The molecule has 0 fully saturated rings. The van der Waals surface area contributed by atoms with Gasteiger partial charge in [0.15, 0.2) is 0 Å². The standard InChI is InChI=1S/C8H7BrO2/c9-8(11)7(10)6-4-2-1-3-5-6/h1-5,7,10H. The highest BCUT2D eigenvalue weighted by molar-refractivity contribution is 9.18. The molecule has 0 aromatic heterocycles. The first-order chi connectivity index (χ1) is 5.22. The first-order valence-electron chi connectivity index (χ1n) is 3.14. The number of hydrogen-bond acceptors (Lipinski definition) is 2. The summed E-state index contributed by atoms with van der Waals surface area (Å²) in [6.45, 7) is 0. The highest BCUT2D eigenvalue weighted by Crippen LogP contribution is 2.15. The molecule has 0 saturated heterocycles. The van der Waals surface area contributed by atoms with Gasteiger partial charge >= 0.3 is 0 Å². The summed E-state index contributed by atoms with van der Waals surface area (Å²) in [5, 5.41) is 9.20. The SMILES string of the molecule is O=C(Br)C(O)c1ccccc1. The van der Waals surface area contributed by atoms with E-state index in [1.807, 2.05) is 6.07 Å². The summed E-state index contributed by atoms with van der Waals surface area (Å²) in [6, 6.07) is 8.77. The van der Waals surface area contributed by atoms with Crippen LogP contribution in [0.2, 0.25) is 0 Å².